The Hall–Kier alpha value is -1.46. The van der Waals surface area contributed by atoms with Gasteiger partial charge in [0, 0.05) is 22.0 Å². The number of piperidine rings is 1. The summed E-state index contributed by atoms with van der Waals surface area (Å²) >= 11 is 19.0. The van der Waals surface area contributed by atoms with Crippen molar-refractivity contribution in [3.8, 4) is 0 Å². The number of halogens is 3. The highest BCUT2D eigenvalue weighted by atomic mass is 35.5. The van der Waals surface area contributed by atoms with E-state index in [-0.39, 0.29) is 17.9 Å². The van der Waals surface area contributed by atoms with Crippen LogP contribution in [0.5, 0.6) is 0 Å². The first kappa shape index (κ1) is 24.7. The van der Waals surface area contributed by atoms with Gasteiger partial charge in [0.2, 0.25) is 5.91 Å². The lowest BCUT2D eigenvalue weighted by Crippen LogP contribution is -2.45. The average Bonchev–Trinajstić information content (AvgIpc) is 2.80. The first-order chi connectivity index (χ1) is 15.8. The predicted octanol–water partition coefficient (Wildman–Crippen LogP) is 7.04. The van der Waals surface area contributed by atoms with Gasteiger partial charge < -0.3 is 16.0 Å². The van der Waals surface area contributed by atoms with Crippen molar-refractivity contribution in [1.29, 1.82) is 0 Å². The first-order valence-electron chi connectivity index (χ1n) is 11.9. The lowest BCUT2D eigenvalue weighted by Gasteiger charge is -2.41. The van der Waals surface area contributed by atoms with Gasteiger partial charge in [-0.25, -0.2) is 0 Å². The van der Waals surface area contributed by atoms with Crippen LogP contribution in [-0.4, -0.2) is 29.9 Å². The average molecular weight is 509 g/mol. The summed E-state index contributed by atoms with van der Waals surface area (Å²) in [6.07, 6.45) is 6.35. The molecular weight excluding hydrogens is 477 g/mol. The van der Waals surface area contributed by atoms with E-state index in [0.717, 1.165) is 56.4 Å². The quantitative estimate of drug-likeness (QED) is 0.440. The maximum atomic E-state index is 11.7. The van der Waals surface area contributed by atoms with Gasteiger partial charge in [0.05, 0.1) is 16.8 Å². The van der Waals surface area contributed by atoms with E-state index in [1.807, 2.05) is 18.2 Å². The van der Waals surface area contributed by atoms with Crippen molar-refractivity contribution in [3.63, 3.8) is 0 Å². The Morgan fingerprint density at radius 3 is 2.48 bits per heavy atom. The van der Waals surface area contributed by atoms with Crippen LogP contribution in [0.15, 0.2) is 36.4 Å². The summed E-state index contributed by atoms with van der Waals surface area (Å²) in [5, 5.41) is 5.50. The van der Waals surface area contributed by atoms with Crippen molar-refractivity contribution in [1.82, 2.24) is 4.90 Å². The molecule has 178 valence electrons. The molecule has 2 aromatic carbocycles. The number of rotatable bonds is 6. The van der Waals surface area contributed by atoms with Crippen LogP contribution in [0.3, 0.4) is 0 Å². The molecule has 1 saturated heterocycles. The smallest absolute Gasteiger partial charge is 0.220 e. The van der Waals surface area contributed by atoms with Crippen molar-refractivity contribution in [2.45, 2.75) is 63.5 Å². The Morgan fingerprint density at radius 2 is 1.79 bits per heavy atom. The Labute approximate surface area is 211 Å². The van der Waals surface area contributed by atoms with E-state index in [1.165, 1.54) is 12.0 Å². The number of likely N-dealkylation sites (tertiary alicyclic amines) is 1. The standard InChI is InChI=1S/C26H32Cl3N3O/c1-16(22-7-6-20(27)15-24(22)29)31-25-14-18(5-8-23(25)28)17-9-11-32(12-10-17)21-4-2-3-19(13-21)26(30)33/h5-8,14-17,19,21,31H,2-4,9-13H2,1H3,(H2,30,33)/t16?,19-,21+/m0/s1. The summed E-state index contributed by atoms with van der Waals surface area (Å²) in [6, 6.07) is 12.4. The molecule has 1 aliphatic carbocycles. The van der Waals surface area contributed by atoms with Crippen LogP contribution in [0.25, 0.3) is 0 Å². The number of carbonyl (C=O) groups is 1. The highest BCUT2D eigenvalue weighted by Gasteiger charge is 2.32. The number of nitrogens with one attached hydrogen (secondary N) is 1. The minimum absolute atomic E-state index is 0.00568. The van der Waals surface area contributed by atoms with E-state index >= 15 is 0 Å². The van der Waals surface area contributed by atoms with Gasteiger partial charge in [-0.3, -0.25) is 4.79 Å². The third-order valence-electron chi connectivity index (χ3n) is 7.36. The number of anilines is 1. The molecule has 1 saturated carbocycles. The van der Waals surface area contributed by atoms with Crippen LogP contribution >= 0.6 is 34.8 Å². The molecule has 1 amide bonds. The number of hydrogen-bond donors (Lipinski definition) is 2. The maximum Gasteiger partial charge on any atom is 0.220 e. The van der Waals surface area contributed by atoms with Crippen LogP contribution < -0.4 is 11.1 Å². The van der Waals surface area contributed by atoms with Gasteiger partial charge in [-0.1, -0.05) is 53.4 Å². The van der Waals surface area contributed by atoms with Crippen molar-refractivity contribution in [2.75, 3.05) is 18.4 Å². The Bertz CT molecular complexity index is 991. The molecule has 33 heavy (non-hydrogen) atoms. The number of carbonyl (C=O) groups excluding carboxylic acids is 1. The number of benzene rings is 2. The zero-order valence-corrected chi connectivity index (χ0v) is 21.3. The van der Waals surface area contributed by atoms with Gasteiger partial charge in [0.25, 0.3) is 0 Å². The van der Waals surface area contributed by atoms with Gasteiger partial charge in [-0.2, -0.15) is 0 Å². The minimum atomic E-state index is -0.134. The molecule has 7 heteroatoms. The van der Waals surface area contributed by atoms with Gasteiger partial charge in [0.1, 0.15) is 0 Å². The van der Waals surface area contributed by atoms with E-state index in [1.54, 1.807) is 6.07 Å². The summed E-state index contributed by atoms with van der Waals surface area (Å²) in [5.41, 5.74) is 8.80. The van der Waals surface area contributed by atoms with Crippen LogP contribution in [0.4, 0.5) is 5.69 Å². The summed E-state index contributed by atoms with van der Waals surface area (Å²) in [4.78, 5) is 14.2. The molecule has 4 nitrogen and oxygen atoms in total. The monoisotopic (exact) mass is 507 g/mol. The number of nitrogens with two attached hydrogens (primary N) is 1. The fraction of sp³-hybridized carbons (Fsp3) is 0.500. The molecule has 2 fully saturated rings. The van der Waals surface area contributed by atoms with E-state index in [2.05, 4.69) is 29.3 Å². The lowest BCUT2D eigenvalue weighted by atomic mass is 9.82. The number of amides is 1. The molecule has 0 bridgehead atoms. The normalized spacial score (nSPS) is 23.3. The highest BCUT2D eigenvalue weighted by molar-refractivity contribution is 6.35. The maximum absolute atomic E-state index is 11.7. The van der Waals surface area contributed by atoms with Crippen molar-refractivity contribution < 1.29 is 4.79 Å². The Morgan fingerprint density at radius 1 is 1.03 bits per heavy atom. The van der Waals surface area contributed by atoms with Crippen LogP contribution in [0.2, 0.25) is 15.1 Å². The van der Waals surface area contributed by atoms with Crippen molar-refractivity contribution >= 4 is 46.4 Å². The second-order valence-corrected chi connectivity index (χ2v) is 10.8. The molecule has 3 atom stereocenters. The molecular formula is C26H32Cl3N3O. The first-order valence-corrected chi connectivity index (χ1v) is 13.0. The van der Waals surface area contributed by atoms with Crippen LogP contribution in [0.1, 0.15) is 68.5 Å². The highest BCUT2D eigenvalue weighted by Crippen LogP contribution is 2.37. The molecule has 2 aliphatic rings. The molecule has 3 N–H and O–H groups in total. The Kier molecular flexibility index (Phi) is 8.11. The fourth-order valence-corrected chi connectivity index (χ4v) is 6.17. The van der Waals surface area contributed by atoms with Gasteiger partial charge in [-0.15, -0.1) is 0 Å². The minimum Gasteiger partial charge on any atom is -0.377 e. The number of primary amides is 1. The largest absolute Gasteiger partial charge is 0.377 e. The number of nitrogens with zero attached hydrogens (tertiary/aromatic N) is 1. The van der Waals surface area contributed by atoms with Crippen LogP contribution in [-0.2, 0) is 4.79 Å². The lowest BCUT2D eigenvalue weighted by molar-refractivity contribution is -0.123. The van der Waals surface area contributed by atoms with E-state index in [4.69, 9.17) is 40.5 Å². The molecule has 1 aliphatic heterocycles. The van der Waals surface area contributed by atoms with Crippen molar-refractivity contribution in [3.05, 3.63) is 62.6 Å². The summed E-state index contributed by atoms with van der Waals surface area (Å²) in [5.74, 6) is 0.413. The second-order valence-electron chi connectivity index (χ2n) is 9.50. The second kappa shape index (κ2) is 10.9. The van der Waals surface area contributed by atoms with E-state index in [9.17, 15) is 4.79 Å². The van der Waals surface area contributed by atoms with E-state index < -0.39 is 0 Å². The third-order valence-corrected chi connectivity index (χ3v) is 8.25. The summed E-state index contributed by atoms with van der Waals surface area (Å²) in [6.45, 7) is 4.19. The summed E-state index contributed by atoms with van der Waals surface area (Å²) < 4.78 is 0. The Balaban J connectivity index is 1.39. The van der Waals surface area contributed by atoms with Gasteiger partial charge in [0.15, 0.2) is 0 Å². The summed E-state index contributed by atoms with van der Waals surface area (Å²) in [7, 11) is 0. The molecule has 4 rings (SSSR count). The topological polar surface area (TPSA) is 58.4 Å². The molecule has 0 radical (unpaired) electrons. The fourth-order valence-electron chi connectivity index (χ4n) is 5.42. The molecule has 0 spiro atoms. The number of hydrogen-bond acceptors (Lipinski definition) is 3. The predicted molar refractivity (Wildman–Crippen MR) is 138 cm³/mol. The molecule has 0 aromatic heterocycles. The zero-order valence-electron chi connectivity index (χ0n) is 19.0. The van der Waals surface area contributed by atoms with Gasteiger partial charge in [-0.05, 0) is 93.4 Å². The third kappa shape index (κ3) is 5.97. The van der Waals surface area contributed by atoms with Crippen LogP contribution in [0, 0.1) is 5.92 Å². The zero-order chi connectivity index (χ0) is 23.5. The molecule has 1 heterocycles. The van der Waals surface area contributed by atoms with Crippen molar-refractivity contribution in [2.24, 2.45) is 11.7 Å². The van der Waals surface area contributed by atoms with E-state index in [0.29, 0.717) is 27.0 Å². The van der Waals surface area contributed by atoms with Gasteiger partial charge >= 0.3 is 0 Å². The SMILES string of the molecule is CC(Nc1cc(C2CCN([C@@H]3CCC[C@H](C(N)=O)C3)CC2)ccc1Cl)c1ccc(Cl)cc1Cl. The molecule has 1 unspecified atom stereocenters. The molecule has 2 aromatic rings.